The SMILES string of the molecule is CCOC(=O)c1c(C)[nH]c(C(=O)OCC(=O)C(C)(C)C)c1C. The minimum Gasteiger partial charge on any atom is -0.462 e. The number of aromatic amines is 1. The van der Waals surface area contributed by atoms with Crippen LogP contribution in [0.1, 0.15) is 59.8 Å². The molecular formula is C16H23NO5. The van der Waals surface area contributed by atoms with Crippen molar-refractivity contribution in [1.29, 1.82) is 0 Å². The van der Waals surface area contributed by atoms with E-state index in [0.717, 1.165) is 0 Å². The molecule has 0 saturated carbocycles. The Hall–Kier alpha value is -2.11. The summed E-state index contributed by atoms with van der Waals surface area (Å²) in [6, 6.07) is 0. The quantitative estimate of drug-likeness (QED) is 0.845. The highest BCUT2D eigenvalue weighted by Crippen LogP contribution is 2.20. The number of hydrogen-bond acceptors (Lipinski definition) is 5. The lowest BCUT2D eigenvalue weighted by molar-refractivity contribution is -0.129. The van der Waals surface area contributed by atoms with E-state index in [9.17, 15) is 14.4 Å². The van der Waals surface area contributed by atoms with Crippen molar-refractivity contribution in [3.05, 3.63) is 22.5 Å². The molecule has 0 unspecified atom stereocenters. The van der Waals surface area contributed by atoms with Crippen molar-refractivity contribution >= 4 is 17.7 Å². The lowest BCUT2D eigenvalue weighted by Crippen LogP contribution is -2.26. The summed E-state index contributed by atoms with van der Waals surface area (Å²) in [5.41, 5.74) is 0.921. The molecule has 1 rings (SSSR count). The highest BCUT2D eigenvalue weighted by Gasteiger charge is 2.26. The van der Waals surface area contributed by atoms with Crippen LogP contribution in [0.25, 0.3) is 0 Å². The van der Waals surface area contributed by atoms with Crippen LogP contribution in [0.4, 0.5) is 0 Å². The molecule has 0 radical (unpaired) electrons. The summed E-state index contributed by atoms with van der Waals surface area (Å²) in [5, 5.41) is 0. The molecule has 1 aromatic rings. The normalized spacial score (nSPS) is 11.2. The average molecular weight is 309 g/mol. The molecule has 0 spiro atoms. The van der Waals surface area contributed by atoms with Gasteiger partial charge >= 0.3 is 11.9 Å². The fourth-order valence-electron chi connectivity index (χ4n) is 1.88. The van der Waals surface area contributed by atoms with Gasteiger partial charge < -0.3 is 14.5 Å². The minimum atomic E-state index is -0.659. The molecule has 0 fully saturated rings. The molecule has 0 saturated heterocycles. The maximum absolute atomic E-state index is 12.1. The predicted octanol–water partition coefficient (Wildman–Crippen LogP) is 2.58. The smallest absolute Gasteiger partial charge is 0.355 e. The molecule has 0 aliphatic carbocycles. The first kappa shape index (κ1) is 17.9. The Morgan fingerprint density at radius 1 is 1.05 bits per heavy atom. The van der Waals surface area contributed by atoms with Gasteiger partial charge in [0.25, 0.3) is 0 Å². The van der Waals surface area contributed by atoms with Crippen LogP contribution >= 0.6 is 0 Å². The second-order valence-electron chi connectivity index (χ2n) is 6.09. The average Bonchev–Trinajstić information content (AvgIpc) is 2.70. The van der Waals surface area contributed by atoms with Gasteiger partial charge in [-0.1, -0.05) is 20.8 Å². The second-order valence-corrected chi connectivity index (χ2v) is 6.09. The molecule has 0 aliphatic heterocycles. The molecule has 6 heteroatoms. The highest BCUT2D eigenvalue weighted by atomic mass is 16.5. The summed E-state index contributed by atoms with van der Waals surface area (Å²) in [6.45, 7) is 10.2. The molecule has 0 aromatic carbocycles. The largest absolute Gasteiger partial charge is 0.462 e. The van der Waals surface area contributed by atoms with Crippen molar-refractivity contribution in [2.75, 3.05) is 13.2 Å². The highest BCUT2D eigenvalue weighted by molar-refractivity contribution is 5.99. The summed E-state index contributed by atoms with van der Waals surface area (Å²) in [7, 11) is 0. The molecule has 1 aromatic heterocycles. The Morgan fingerprint density at radius 3 is 2.14 bits per heavy atom. The predicted molar refractivity (Wildman–Crippen MR) is 81.0 cm³/mol. The molecule has 22 heavy (non-hydrogen) atoms. The van der Waals surface area contributed by atoms with E-state index >= 15 is 0 Å². The zero-order chi connectivity index (χ0) is 17.1. The second kappa shape index (κ2) is 6.77. The minimum absolute atomic E-state index is 0.169. The number of ether oxygens (including phenoxy) is 2. The first-order valence-electron chi connectivity index (χ1n) is 7.16. The third kappa shape index (κ3) is 3.96. The maximum Gasteiger partial charge on any atom is 0.355 e. The number of Topliss-reactive ketones (excluding diaryl/α,β-unsaturated/α-hetero) is 1. The van der Waals surface area contributed by atoms with Gasteiger partial charge in [-0.2, -0.15) is 0 Å². The molecule has 1 heterocycles. The van der Waals surface area contributed by atoms with Crippen molar-refractivity contribution < 1.29 is 23.9 Å². The van der Waals surface area contributed by atoms with Crippen LogP contribution < -0.4 is 0 Å². The molecule has 122 valence electrons. The van der Waals surface area contributed by atoms with E-state index in [-0.39, 0.29) is 24.7 Å². The lowest BCUT2D eigenvalue weighted by Gasteiger charge is -2.16. The third-order valence-corrected chi connectivity index (χ3v) is 3.29. The number of carbonyl (C=O) groups excluding carboxylic acids is 3. The van der Waals surface area contributed by atoms with Crippen LogP contribution in [0, 0.1) is 19.3 Å². The number of ketones is 1. The molecule has 0 aliphatic rings. The van der Waals surface area contributed by atoms with Crippen LogP contribution in [-0.4, -0.2) is 35.9 Å². The summed E-state index contributed by atoms with van der Waals surface area (Å²) >= 11 is 0. The van der Waals surface area contributed by atoms with E-state index in [0.29, 0.717) is 16.8 Å². The van der Waals surface area contributed by atoms with Gasteiger partial charge in [-0.15, -0.1) is 0 Å². The van der Waals surface area contributed by atoms with E-state index in [1.54, 1.807) is 41.5 Å². The van der Waals surface area contributed by atoms with Crippen molar-refractivity contribution in [2.45, 2.75) is 41.5 Å². The van der Waals surface area contributed by atoms with Crippen LogP contribution in [0.2, 0.25) is 0 Å². The maximum atomic E-state index is 12.1. The number of rotatable bonds is 5. The molecular weight excluding hydrogens is 286 g/mol. The Kier molecular flexibility index (Phi) is 5.52. The first-order chi connectivity index (χ1) is 10.1. The number of aryl methyl sites for hydroxylation is 1. The standard InChI is InChI=1S/C16H23NO5/c1-7-21-14(19)12-9(2)13(17-10(12)3)15(20)22-8-11(18)16(4,5)6/h17H,7-8H2,1-6H3. The molecule has 1 N–H and O–H groups in total. The summed E-state index contributed by atoms with van der Waals surface area (Å²) in [6.07, 6.45) is 0. The Labute approximate surface area is 130 Å². The van der Waals surface area contributed by atoms with Gasteiger partial charge in [0.2, 0.25) is 0 Å². The van der Waals surface area contributed by atoms with Gasteiger partial charge in [0.15, 0.2) is 12.4 Å². The van der Waals surface area contributed by atoms with Gasteiger partial charge in [0.05, 0.1) is 12.2 Å². The summed E-state index contributed by atoms with van der Waals surface area (Å²) < 4.78 is 9.99. The molecule has 6 nitrogen and oxygen atoms in total. The number of nitrogens with one attached hydrogen (secondary N) is 1. The Balaban J connectivity index is 2.90. The molecule has 0 bridgehead atoms. The lowest BCUT2D eigenvalue weighted by atomic mass is 9.91. The zero-order valence-corrected chi connectivity index (χ0v) is 14.0. The Morgan fingerprint density at radius 2 is 1.64 bits per heavy atom. The van der Waals surface area contributed by atoms with E-state index < -0.39 is 17.4 Å². The fraction of sp³-hybridized carbons (Fsp3) is 0.562. The van der Waals surface area contributed by atoms with E-state index in [1.807, 2.05) is 0 Å². The van der Waals surface area contributed by atoms with Crippen molar-refractivity contribution in [3.8, 4) is 0 Å². The van der Waals surface area contributed by atoms with Crippen LogP contribution in [0.5, 0.6) is 0 Å². The first-order valence-corrected chi connectivity index (χ1v) is 7.16. The number of carbonyl (C=O) groups is 3. The fourth-order valence-corrected chi connectivity index (χ4v) is 1.88. The van der Waals surface area contributed by atoms with Gasteiger partial charge in [-0.25, -0.2) is 9.59 Å². The molecule has 0 amide bonds. The zero-order valence-electron chi connectivity index (χ0n) is 14.0. The van der Waals surface area contributed by atoms with Crippen LogP contribution in [0.15, 0.2) is 0 Å². The third-order valence-electron chi connectivity index (χ3n) is 3.29. The summed E-state index contributed by atoms with van der Waals surface area (Å²) in [4.78, 5) is 38.6. The van der Waals surface area contributed by atoms with Gasteiger partial charge in [-0.05, 0) is 26.3 Å². The topological polar surface area (TPSA) is 85.5 Å². The number of hydrogen-bond donors (Lipinski definition) is 1. The van der Waals surface area contributed by atoms with Gasteiger partial charge in [-0.3, -0.25) is 4.79 Å². The monoisotopic (exact) mass is 309 g/mol. The molecule has 0 atom stereocenters. The van der Waals surface area contributed by atoms with Crippen molar-refractivity contribution in [2.24, 2.45) is 5.41 Å². The van der Waals surface area contributed by atoms with Gasteiger partial charge in [0.1, 0.15) is 5.69 Å². The Bertz CT molecular complexity index is 592. The van der Waals surface area contributed by atoms with Gasteiger partial charge in [0, 0.05) is 11.1 Å². The number of aromatic nitrogens is 1. The van der Waals surface area contributed by atoms with E-state index in [2.05, 4.69) is 4.98 Å². The number of esters is 2. The van der Waals surface area contributed by atoms with Crippen LogP contribution in [-0.2, 0) is 14.3 Å². The van der Waals surface area contributed by atoms with Crippen molar-refractivity contribution in [3.63, 3.8) is 0 Å². The summed E-state index contributed by atoms with van der Waals surface area (Å²) in [5.74, 6) is -1.32. The van der Waals surface area contributed by atoms with E-state index in [1.165, 1.54) is 0 Å². The van der Waals surface area contributed by atoms with E-state index in [4.69, 9.17) is 9.47 Å². The van der Waals surface area contributed by atoms with Crippen molar-refractivity contribution in [1.82, 2.24) is 4.98 Å². The van der Waals surface area contributed by atoms with Crippen LogP contribution in [0.3, 0.4) is 0 Å². The number of H-pyrrole nitrogens is 1.